The molecule has 2 aliphatic heterocycles. The molecule has 0 N–H and O–H groups in total. The molecule has 3 rings (SSSR count). The van der Waals surface area contributed by atoms with Crippen molar-refractivity contribution in [3.63, 3.8) is 0 Å². The Kier molecular flexibility index (Phi) is 5.05. The van der Waals surface area contributed by atoms with E-state index in [0.717, 1.165) is 32.4 Å². The Balaban J connectivity index is 2.03. The smallest absolute Gasteiger partial charge is 0.309 e. The van der Waals surface area contributed by atoms with Crippen LogP contribution in [0.5, 0.6) is 0 Å². The molecule has 0 amide bonds. The Labute approximate surface area is 140 Å². The van der Waals surface area contributed by atoms with Crippen LogP contribution in [-0.4, -0.2) is 30.0 Å². The number of carbonyl (C=O) groups excluding carboxylic acids is 1. The summed E-state index contributed by atoms with van der Waals surface area (Å²) in [6.45, 7) is 6.13. The van der Waals surface area contributed by atoms with E-state index in [2.05, 4.69) is 29.2 Å². The molecule has 0 aromatic heterocycles. The van der Waals surface area contributed by atoms with E-state index >= 15 is 0 Å². The first kappa shape index (κ1) is 16.5. The summed E-state index contributed by atoms with van der Waals surface area (Å²) < 4.78 is 6.30. The number of nitrogens with zero attached hydrogens (tertiary/aromatic N) is 1. The molecule has 1 aromatic carbocycles. The van der Waals surface area contributed by atoms with Crippen molar-refractivity contribution in [3.05, 3.63) is 35.9 Å². The molecule has 0 spiro atoms. The molecule has 3 heteroatoms. The molecule has 0 aliphatic carbocycles. The summed E-state index contributed by atoms with van der Waals surface area (Å²) in [6.07, 6.45) is 6.88. The fourth-order valence-corrected chi connectivity index (χ4v) is 4.19. The predicted molar refractivity (Wildman–Crippen MR) is 92.1 cm³/mol. The Morgan fingerprint density at radius 3 is 2.52 bits per heavy atom. The van der Waals surface area contributed by atoms with Gasteiger partial charge in [-0.3, -0.25) is 9.69 Å². The van der Waals surface area contributed by atoms with Crippen molar-refractivity contribution in [1.82, 2.24) is 4.90 Å². The monoisotopic (exact) mass is 315 g/mol. The third kappa shape index (κ3) is 3.30. The first-order valence-electron chi connectivity index (χ1n) is 9.16. The highest BCUT2D eigenvalue weighted by Gasteiger charge is 2.48. The number of hydrogen-bond acceptors (Lipinski definition) is 3. The average Bonchev–Trinajstić information content (AvgIpc) is 2.76. The van der Waals surface area contributed by atoms with Crippen LogP contribution in [-0.2, 0) is 15.1 Å². The molecule has 23 heavy (non-hydrogen) atoms. The Bertz CT molecular complexity index is 528. The van der Waals surface area contributed by atoms with Gasteiger partial charge in [0.05, 0.1) is 12.0 Å². The first-order valence-corrected chi connectivity index (χ1v) is 9.16. The number of benzene rings is 1. The standard InChI is InChI=1S/C20H29NO2/c1-16(2)19(22)23-20(17-10-4-3-5-11-17)13-7-9-15-21-14-8-6-12-18(20)21/h3-5,10-11,16,18H,6-9,12-15H2,1-2H3. The van der Waals surface area contributed by atoms with Gasteiger partial charge in [-0.25, -0.2) is 0 Å². The number of rotatable bonds is 3. The van der Waals surface area contributed by atoms with Gasteiger partial charge in [0.2, 0.25) is 0 Å². The summed E-state index contributed by atoms with van der Waals surface area (Å²) in [5, 5.41) is 0. The van der Waals surface area contributed by atoms with Gasteiger partial charge in [-0.05, 0) is 50.8 Å². The summed E-state index contributed by atoms with van der Waals surface area (Å²) in [7, 11) is 0. The summed E-state index contributed by atoms with van der Waals surface area (Å²) in [4.78, 5) is 15.1. The molecule has 2 atom stereocenters. The van der Waals surface area contributed by atoms with Crippen LogP contribution in [0.25, 0.3) is 0 Å². The van der Waals surface area contributed by atoms with Gasteiger partial charge in [0, 0.05) is 0 Å². The van der Waals surface area contributed by atoms with Crippen LogP contribution in [0.3, 0.4) is 0 Å². The van der Waals surface area contributed by atoms with Crippen LogP contribution in [0.1, 0.15) is 57.9 Å². The van der Waals surface area contributed by atoms with Gasteiger partial charge in [0.15, 0.2) is 5.60 Å². The fraction of sp³-hybridized carbons (Fsp3) is 0.650. The molecule has 126 valence electrons. The normalized spacial score (nSPS) is 28.9. The zero-order valence-electron chi connectivity index (χ0n) is 14.5. The van der Waals surface area contributed by atoms with Crippen molar-refractivity contribution in [2.45, 2.75) is 64.0 Å². The molecule has 0 bridgehead atoms. The van der Waals surface area contributed by atoms with E-state index in [1.807, 2.05) is 19.9 Å². The van der Waals surface area contributed by atoms with E-state index in [0.29, 0.717) is 6.04 Å². The number of piperidine rings is 1. The number of fused-ring (bicyclic) bond motifs is 1. The average molecular weight is 315 g/mol. The van der Waals surface area contributed by atoms with Gasteiger partial charge >= 0.3 is 5.97 Å². The number of hydrogen-bond donors (Lipinski definition) is 0. The second kappa shape index (κ2) is 7.04. The molecule has 0 radical (unpaired) electrons. The maximum absolute atomic E-state index is 12.5. The van der Waals surface area contributed by atoms with Crippen LogP contribution in [0.2, 0.25) is 0 Å². The van der Waals surface area contributed by atoms with E-state index in [-0.39, 0.29) is 11.9 Å². The molecule has 0 saturated carbocycles. The van der Waals surface area contributed by atoms with Gasteiger partial charge in [-0.1, -0.05) is 50.6 Å². The molecule has 2 fully saturated rings. The van der Waals surface area contributed by atoms with Crippen molar-refractivity contribution >= 4 is 5.97 Å². The Hall–Kier alpha value is -1.35. The summed E-state index contributed by atoms with van der Waals surface area (Å²) in [6, 6.07) is 10.8. The third-order valence-electron chi connectivity index (χ3n) is 5.41. The second-order valence-electron chi connectivity index (χ2n) is 7.34. The molecule has 2 aliphatic rings. The quantitative estimate of drug-likeness (QED) is 0.786. The SMILES string of the molecule is CC(C)C(=O)OC1(c2ccccc2)CCCCN2CCCCC21. The summed E-state index contributed by atoms with van der Waals surface area (Å²) in [5.41, 5.74) is 0.701. The van der Waals surface area contributed by atoms with Gasteiger partial charge < -0.3 is 4.74 Å². The fourth-order valence-electron chi connectivity index (χ4n) is 4.19. The summed E-state index contributed by atoms with van der Waals surface area (Å²) >= 11 is 0. The molecule has 2 unspecified atom stereocenters. The van der Waals surface area contributed by atoms with E-state index in [1.54, 1.807) is 0 Å². The number of ether oxygens (including phenoxy) is 1. The molecular weight excluding hydrogens is 286 g/mol. The Morgan fingerprint density at radius 2 is 1.83 bits per heavy atom. The molecule has 1 aromatic rings. The summed E-state index contributed by atoms with van der Waals surface area (Å²) in [5.74, 6) is -0.155. The van der Waals surface area contributed by atoms with E-state index in [4.69, 9.17) is 4.74 Å². The van der Waals surface area contributed by atoms with E-state index < -0.39 is 5.60 Å². The van der Waals surface area contributed by atoms with Gasteiger partial charge in [-0.2, -0.15) is 0 Å². The lowest BCUT2D eigenvalue weighted by Gasteiger charge is -2.46. The van der Waals surface area contributed by atoms with Crippen molar-refractivity contribution in [2.75, 3.05) is 13.1 Å². The largest absolute Gasteiger partial charge is 0.452 e. The zero-order valence-corrected chi connectivity index (χ0v) is 14.5. The maximum atomic E-state index is 12.5. The molecule has 3 nitrogen and oxygen atoms in total. The van der Waals surface area contributed by atoms with Gasteiger partial charge in [0.25, 0.3) is 0 Å². The lowest BCUT2D eigenvalue weighted by molar-refractivity contribution is -0.176. The third-order valence-corrected chi connectivity index (χ3v) is 5.41. The number of esters is 1. The van der Waals surface area contributed by atoms with Crippen molar-refractivity contribution < 1.29 is 9.53 Å². The van der Waals surface area contributed by atoms with Crippen LogP contribution in [0, 0.1) is 5.92 Å². The van der Waals surface area contributed by atoms with Crippen LogP contribution >= 0.6 is 0 Å². The van der Waals surface area contributed by atoms with Crippen molar-refractivity contribution in [3.8, 4) is 0 Å². The first-order chi connectivity index (χ1) is 11.1. The zero-order chi connectivity index (χ0) is 16.3. The predicted octanol–water partition coefficient (Wildman–Crippen LogP) is 4.12. The second-order valence-corrected chi connectivity index (χ2v) is 7.34. The minimum atomic E-state index is -0.473. The van der Waals surface area contributed by atoms with Crippen molar-refractivity contribution in [2.24, 2.45) is 5.92 Å². The molecular formula is C20H29NO2. The van der Waals surface area contributed by atoms with Gasteiger partial charge in [-0.15, -0.1) is 0 Å². The van der Waals surface area contributed by atoms with Crippen LogP contribution < -0.4 is 0 Å². The minimum absolute atomic E-state index is 0.0683. The molecule has 2 saturated heterocycles. The highest BCUT2D eigenvalue weighted by Crippen LogP contribution is 2.43. The number of carbonyl (C=O) groups is 1. The van der Waals surface area contributed by atoms with Crippen LogP contribution in [0.4, 0.5) is 0 Å². The lowest BCUT2D eigenvalue weighted by Crippen LogP contribution is -2.54. The van der Waals surface area contributed by atoms with Crippen molar-refractivity contribution in [1.29, 1.82) is 0 Å². The Morgan fingerprint density at radius 1 is 1.13 bits per heavy atom. The van der Waals surface area contributed by atoms with Gasteiger partial charge in [0.1, 0.15) is 0 Å². The highest BCUT2D eigenvalue weighted by atomic mass is 16.6. The van der Waals surface area contributed by atoms with Crippen LogP contribution in [0.15, 0.2) is 30.3 Å². The maximum Gasteiger partial charge on any atom is 0.309 e. The minimum Gasteiger partial charge on any atom is -0.452 e. The topological polar surface area (TPSA) is 29.5 Å². The highest BCUT2D eigenvalue weighted by molar-refractivity contribution is 5.72. The van der Waals surface area contributed by atoms with E-state index in [9.17, 15) is 4.79 Å². The van der Waals surface area contributed by atoms with E-state index in [1.165, 1.54) is 24.8 Å². The molecule has 2 heterocycles. The lowest BCUT2D eigenvalue weighted by atomic mass is 9.78.